The van der Waals surface area contributed by atoms with Crippen molar-refractivity contribution in [1.29, 1.82) is 0 Å². The molecule has 0 spiro atoms. The van der Waals surface area contributed by atoms with Gasteiger partial charge in [-0.1, -0.05) is 60.7 Å². The molecule has 0 aliphatic carbocycles. The Bertz CT molecular complexity index is 836. The van der Waals surface area contributed by atoms with Gasteiger partial charge in [0.05, 0.1) is 13.2 Å². The molecule has 1 aliphatic rings. The molecule has 1 aliphatic heterocycles. The smallest absolute Gasteiger partial charge is 0.162 e. The monoisotopic (exact) mass is 363 g/mol. The molecule has 4 rings (SSSR count). The summed E-state index contributed by atoms with van der Waals surface area (Å²) in [5.41, 5.74) is 2.34. The second-order valence-electron chi connectivity index (χ2n) is 6.13. The Hall–Kier alpha value is -2.37. The first-order chi connectivity index (χ1) is 12.9. The second kappa shape index (κ2) is 8.34. The van der Waals surface area contributed by atoms with E-state index in [-0.39, 0.29) is 0 Å². The van der Waals surface area contributed by atoms with Crippen LogP contribution in [0, 0.1) is 0 Å². The van der Waals surface area contributed by atoms with Gasteiger partial charge in [0.25, 0.3) is 0 Å². The van der Waals surface area contributed by atoms with Gasteiger partial charge in [0.15, 0.2) is 5.82 Å². The van der Waals surface area contributed by atoms with E-state index < -0.39 is 0 Å². The van der Waals surface area contributed by atoms with Gasteiger partial charge in [-0.2, -0.15) is 0 Å². The van der Waals surface area contributed by atoms with Crippen molar-refractivity contribution < 1.29 is 4.74 Å². The molecule has 0 atom stereocenters. The summed E-state index contributed by atoms with van der Waals surface area (Å²) in [6, 6.07) is 22.8. The van der Waals surface area contributed by atoms with Crippen LogP contribution in [0.15, 0.2) is 71.8 Å². The van der Waals surface area contributed by atoms with Crippen molar-refractivity contribution >= 4 is 17.6 Å². The van der Waals surface area contributed by atoms with Crippen LogP contribution in [0.3, 0.4) is 0 Å². The quantitative estimate of drug-likeness (QED) is 0.500. The van der Waals surface area contributed by atoms with E-state index in [1.165, 1.54) is 5.56 Å². The van der Waals surface area contributed by atoms with Crippen molar-refractivity contribution in [1.82, 2.24) is 9.97 Å². The van der Waals surface area contributed by atoms with Crippen LogP contribution in [0.25, 0.3) is 11.4 Å². The summed E-state index contributed by atoms with van der Waals surface area (Å²) >= 11 is 1.75. The Morgan fingerprint density at radius 1 is 0.885 bits per heavy atom. The second-order valence-corrected chi connectivity index (χ2v) is 7.12. The number of nitrogens with zero attached hydrogens (tertiary/aromatic N) is 3. The van der Waals surface area contributed by atoms with Crippen molar-refractivity contribution in [2.45, 2.75) is 10.8 Å². The van der Waals surface area contributed by atoms with E-state index in [1.807, 2.05) is 24.3 Å². The minimum atomic E-state index is 0.747. The maximum absolute atomic E-state index is 5.48. The number of anilines is 1. The van der Waals surface area contributed by atoms with Gasteiger partial charge in [-0.05, 0) is 5.56 Å². The van der Waals surface area contributed by atoms with Gasteiger partial charge in [-0.3, -0.25) is 0 Å². The molecule has 1 saturated heterocycles. The number of morpholine rings is 1. The minimum Gasteiger partial charge on any atom is -0.378 e. The van der Waals surface area contributed by atoms with Crippen LogP contribution in [0.2, 0.25) is 0 Å². The van der Waals surface area contributed by atoms with Gasteiger partial charge in [0, 0.05) is 30.5 Å². The molecule has 4 nitrogen and oxygen atoms in total. The molecule has 132 valence electrons. The normalized spacial score (nSPS) is 14.4. The van der Waals surface area contributed by atoms with Gasteiger partial charge in [-0.15, -0.1) is 11.8 Å². The van der Waals surface area contributed by atoms with Crippen molar-refractivity contribution in [2.24, 2.45) is 0 Å². The van der Waals surface area contributed by atoms with Gasteiger partial charge in [0.1, 0.15) is 10.8 Å². The first kappa shape index (κ1) is 17.1. The Kier molecular flexibility index (Phi) is 5.47. The van der Waals surface area contributed by atoms with Crippen LogP contribution >= 0.6 is 11.8 Å². The highest BCUT2D eigenvalue weighted by molar-refractivity contribution is 7.98. The van der Waals surface area contributed by atoms with Gasteiger partial charge >= 0.3 is 0 Å². The lowest BCUT2D eigenvalue weighted by atomic mass is 10.2. The molecule has 5 heteroatoms. The average Bonchev–Trinajstić information content (AvgIpc) is 2.74. The lowest BCUT2D eigenvalue weighted by Gasteiger charge is -2.28. The van der Waals surface area contributed by atoms with Crippen LogP contribution in [-0.4, -0.2) is 36.3 Å². The molecule has 1 fully saturated rings. The van der Waals surface area contributed by atoms with E-state index in [9.17, 15) is 0 Å². The lowest BCUT2D eigenvalue weighted by molar-refractivity contribution is 0.122. The molecule has 0 unspecified atom stereocenters. The highest BCUT2D eigenvalue weighted by Gasteiger charge is 2.16. The first-order valence-corrected chi connectivity index (χ1v) is 9.81. The Morgan fingerprint density at radius 2 is 1.58 bits per heavy atom. The first-order valence-electron chi connectivity index (χ1n) is 8.82. The molecule has 0 radical (unpaired) electrons. The summed E-state index contributed by atoms with van der Waals surface area (Å²) < 4.78 is 5.48. The summed E-state index contributed by atoms with van der Waals surface area (Å²) in [5, 5.41) is 1.00. The number of aromatic nitrogens is 2. The van der Waals surface area contributed by atoms with E-state index >= 15 is 0 Å². The van der Waals surface area contributed by atoms with Crippen LogP contribution in [-0.2, 0) is 10.5 Å². The third-order valence-corrected chi connectivity index (χ3v) is 5.27. The predicted molar refractivity (Wildman–Crippen MR) is 107 cm³/mol. The number of hydrogen-bond acceptors (Lipinski definition) is 5. The largest absolute Gasteiger partial charge is 0.378 e. The molecule has 0 saturated carbocycles. The number of thioether (sulfide) groups is 1. The summed E-state index contributed by atoms with van der Waals surface area (Å²) in [6.07, 6.45) is 0. The lowest BCUT2D eigenvalue weighted by Crippen LogP contribution is -2.36. The van der Waals surface area contributed by atoms with Crippen LogP contribution in [0.4, 0.5) is 5.82 Å². The average molecular weight is 363 g/mol. The highest BCUT2D eigenvalue weighted by atomic mass is 32.2. The third-order valence-electron chi connectivity index (χ3n) is 4.29. The summed E-state index contributed by atoms with van der Waals surface area (Å²) in [7, 11) is 0. The van der Waals surface area contributed by atoms with Gasteiger partial charge in [0.2, 0.25) is 0 Å². The van der Waals surface area contributed by atoms with Crippen molar-refractivity contribution in [3.63, 3.8) is 0 Å². The van der Waals surface area contributed by atoms with E-state index in [4.69, 9.17) is 14.7 Å². The number of hydrogen-bond donors (Lipinski definition) is 0. The van der Waals surface area contributed by atoms with E-state index in [2.05, 4.69) is 47.4 Å². The van der Waals surface area contributed by atoms with Crippen LogP contribution < -0.4 is 4.90 Å². The Balaban J connectivity index is 1.63. The number of benzene rings is 2. The van der Waals surface area contributed by atoms with E-state index in [0.717, 1.165) is 54.3 Å². The molecule has 3 aromatic rings. The molecule has 0 N–H and O–H groups in total. The summed E-state index contributed by atoms with van der Waals surface area (Å²) in [5.74, 6) is 2.66. The topological polar surface area (TPSA) is 38.2 Å². The SMILES string of the molecule is c1ccc(CSc2cc(N3CCOCC3)nc(-c3ccccc3)n2)cc1. The van der Waals surface area contributed by atoms with E-state index in [0.29, 0.717) is 0 Å². The summed E-state index contributed by atoms with van der Waals surface area (Å²) in [4.78, 5) is 11.9. The molecule has 2 aromatic carbocycles. The molecular weight excluding hydrogens is 342 g/mol. The van der Waals surface area contributed by atoms with Crippen LogP contribution in [0.1, 0.15) is 5.56 Å². The van der Waals surface area contributed by atoms with Gasteiger partial charge < -0.3 is 9.64 Å². The zero-order chi connectivity index (χ0) is 17.6. The molecule has 1 aromatic heterocycles. The van der Waals surface area contributed by atoms with Gasteiger partial charge in [-0.25, -0.2) is 9.97 Å². The van der Waals surface area contributed by atoms with Crippen molar-refractivity contribution in [2.75, 3.05) is 31.2 Å². The molecule has 2 heterocycles. The molecule has 26 heavy (non-hydrogen) atoms. The predicted octanol–water partition coefficient (Wildman–Crippen LogP) is 4.27. The fraction of sp³-hybridized carbons (Fsp3) is 0.238. The maximum Gasteiger partial charge on any atom is 0.162 e. The molecule has 0 amide bonds. The molecular formula is C21H21N3OS. The zero-order valence-electron chi connectivity index (χ0n) is 14.5. The Morgan fingerprint density at radius 3 is 2.31 bits per heavy atom. The maximum atomic E-state index is 5.48. The third kappa shape index (κ3) is 4.23. The highest BCUT2D eigenvalue weighted by Crippen LogP contribution is 2.28. The number of rotatable bonds is 5. The zero-order valence-corrected chi connectivity index (χ0v) is 15.4. The van der Waals surface area contributed by atoms with Crippen LogP contribution in [0.5, 0.6) is 0 Å². The number of ether oxygens (including phenoxy) is 1. The molecule has 0 bridgehead atoms. The van der Waals surface area contributed by atoms with E-state index in [1.54, 1.807) is 11.8 Å². The Labute approximate surface area is 158 Å². The minimum absolute atomic E-state index is 0.747. The van der Waals surface area contributed by atoms with Crippen molar-refractivity contribution in [3.8, 4) is 11.4 Å². The fourth-order valence-electron chi connectivity index (χ4n) is 2.89. The fourth-order valence-corrected chi connectivity index (χ4v) is 3.74. The standard InChI is InChI=1S/C21H21N3OS/c1-3-7-17(8-4-1)16-26-20-15-19(24-11-13-25-14-12-24)22-21(23-20)18-9-5-2-6-10-18/h1-10,15H,11-14,16H2. The summed E-state index contributed by atoms with van der Waals surface area (Å²) in [6.45, 7) is 3.23. The van der Waals surface area contributed by atoms with Crippen molar-refractivity contribution in [3.05, 3.63) is 72.3 Å².